The first kappa shape index (κ1) is 20.8. The number of nitrogens with zero attached hydrogens (tertiary/aromatic N) is 3. The number of methoxy groups -OCH3 is 2. The van der Waals surface area contributed by atoms with Crippen LogP contribution in [0.2, 0.25) is 0 Å². The Balaban J connectivity index is 1.70. The summed E-state index contributed by atoms with van der Waals surface area (Å²) >= 11 is 3.03. The van der Waals surface area contributed by atoms with Crippen LogP contribution in [-0.2, 0) is 0 Å². The van der Waals surface area contributed by atoms with Gasteiger partial charge in [-0.1, -0.05) is 23.9 Å². The van der Waals surface area contributed by atoms with E-state index in [1.807, 2.05) is 24.3 Å². The van der Waals surface area contributed by atoms with Crippen molar-refractivity contribution in [2.24, 2.45) is 4.99 Å². The normalized spacial score (nSPS) is 11.2. The molecule has 1 heterocycles. The molecular weight excluding hydrogens is 434 g/mol. The van der Waals surface area contributed by atoms with Gasteiger partial charge in [0.05, 0.1) is 29.4 Å². The first-order valence-corrected chi connectivity index (χ1v) is 10.8. The zero-order chi connectivity index (χ0) is 21.8. The molecule has 0 N–H and O–H groups in total. The second-order valence-corrected chi connectivity index (χ2v) is 8.64. The molecule has 0 aliphatic carbocycles. The molecule has 0 radical (unpaired) electrons. The Kier molecular flexibility index (Phi) is 6.15. The van der Waals surface area contributed by atoms with Crippen LogP contribution < -0.4 is 9.47 Å². The van der Waals surface area contributed by atoms with Crippen LogP contribution in [0, 0.1) is 10.1 Å². The Bertz CT molecular complexity index is 1250. The van der Waals surface area contributed by atoms with Crippen LogP contribution in [0.3, 0.4) is 0 Å². The number of aromatic nitrogens is 1. The van der Waals surface area contributed by atoms with E-state index in [1.54, 1.807) is 56.0 Å². The largest absolute Gasteiger partial charge is 0.497 e. The molecule has 9 heteroatoms. The molecule has 0 saturated heterocycles. The molecule has 0 aliphatic heterocycles. The molecule has 31 heavy (non-hydrogen) atoms. The van der Waals surface area contributed by atoms with Crippen LogP contribution in [0.5, 0.6) is 11.5 Å². The second-order valence-electron chi connectivity index (χ2n) is 6.32. The molecule has 0 amide bonds. The minimum atomic E-state index is -0.419. The van der Waals surface area contributed by atoms with Gasteiger partial charge < -0.3 is 9.47 Å². The zero-order valence-corrected chi connectivity index (χ0v) is 18.3. The van der Waals surface area contributed by atoms with Gasteiger partial charge in [-0.3, -0.25) is 15.1 Å². The lowest BCUT2D eigenvalue weighted by Gasteiger charge is -2.07. The van der Waals surface area contributed by atoms with Crippen molar-refractivity contribution < 1.29 is 14.4 Å². The first-order valence-electron chi connectivity index (χ1n) is 9.15. The predicted octanol–water partition coefficient (Wildman–Crippen LogP) is 6.12. The number of fused-ring (bicyclic) bond motifs is 1. The average molecular weight is 452 g/mol. The molecule has 0 saturated carbocycles. The molecule has 1 aromatic heterocycles. The van der Waals surface area contributed by atoms with E-state index in [-0.39, 0.29) is 5.69 Å². The van der Waals surface area contributed by atoms with Gasteiger partial charge in [-0.2, -0.15) is 0 Å². The van der Waals surface area contributed by atoms with Crippen molar-refractivity contribution in [1.29, 1.82) is 0 Å². The smallest absolute Gasteiger partial charge is 0.270 e. The summed E-state index contributed by atoms with van der Waals surface area (Å²) in [5.41, 5.74) is 2.13. The van der Waals surface area contributed by atoms with Crippen molar-refractivity contribution in [2.75, 3.05) is 14.2 Å². The number of para-hydroxylation sites is 1. The highest BCUT2D eigenvalue weighted by Crippen LogP contribution is 2.37. The van der Waals surface area contributed by atoms with Crippen molar-refractivity contribution in [2.45, 2.75) is 9.24 Å². The lowest BCUT2D eigenvalue weighted by atomic mass is 10.2. The Morgan fingerprint density at radius 2 is 1.94 bits per heavy atom. The molecule has 0 fully saturated rings. The SMILES string of the molecule is COc1ccc(N=Cc2cc([N+](=O)[O-])ccc2Sc2nc3ccccc3s2)c(OC)c1. The first-order chi connectivity index (χ1) is 15.1. The number of nitro benzene ring substituents is 1. The average Bonchev–Trinajstić information content (AvgIpc) is 3.20. The third-order valence-electron chi connectivity index (χ3n) is 4.41. The maximum Gasteiger partial charge on any atom is 0.270 e. The molecule has 0 atom stereocenters. The molecule has 7 nitrogen and oxygen atoms in total. The predicted molar refractivity (Wildman–Crippen MR) is 124 cm³/mol. The van der Waals surface area contributed by atoms with Crippen LogP contribution in [-0.4, -0.2) is 30.3 Å². The highest BCUT2D eigenvalue weighted by molar-refractivity contribution is 8.01. The summed E-state index contributed by atoms with van der Waals surface area (Å²) in [5.74, 6) is 1.19. The van der Waals surface area contributed by atoms with Crippen molar-refractivity contribution in [3.05, 3.63) is 76.3 Å². The quantitative estimate of drug-likeness (QED) is 0.191. The Morgan fingerprint density at radius 3 is 2.68 bits per heavy atom. The minimum Gasteiger partial charge on any atom is -0.497 e. The number of hydrogen-bond acceptors (Lipinski definition) is 8. The molecule has 0 unspecified atom stereocenters. The maximum atomic E-state index is 11.3. The van der Waals surface area contributed by atoms with Crippen molar-refractivity contribution in [1.82, 2.24) is 4.98 Å². The van der Waals surface area contributed by atoms with E-state index >= 15 is 0 Å². The second kappa shape index (κ2) is 9.15. The van der Waals surface area contributed by atoms with E-state index in [4.69, 9.17) is 9.47 Å². The van der Waals surface area contributed by atoms with Crippen molar-refractivity contribution in [3.8, 4) is 11.5 Å². The van der Waals surface area contributed by atoms with Gasteiger partial charge in [0.1, 0.15) is 17.2 Å². The number of nitro groups is 1. The number of ether oxygens (including phenoxy) is 2. The number of aliphatic imine (C=N–C) groups is 1. The van der Waals surface area contributed by atoms with Crippen LogP contribution in [0.25, 0.3) is 10.2 Å². The fourth-order valence-corrected chi connectivity index (χ4v) is 4.96. The summed E-state index contributed by atoms with van der Waals surface area (Å²) in [6, 6.07) is 17.9. The van der Waals surface area contributed by atoms with Crippen molar-refractivity contribution in [3.63, 3.8) is 0 Å². The lowest BCUT2D eigenvalue weighted by Crippen LogP contribution is -1.93. The van der Waals surface area contributed by atoms with E-state index in [1.165, 1.54) is 23.9 Å². The van der Waals surface area contributed by atoms with Gasteiger partial charge in [-0.05, 0) is 30.3 Å². The molecule has 4 rings (SSSR count). The zero-order valence-electron chi connectivity index (χ0n) is 16.6. The summed E-state index contributed by atoms with van der Waals surface area (Å²) in [6.07, 6.45) is 1.60. The van der Waals surface area contributed by atoms with E-state index < -0.39 is 4.92 Å². The summed E-state index contributed by atoms with van der Waals surface area (Å²) in [6.45, 7) is 0. The van der Waals surface area contributed by atoms with Gasteiger partial charge in [-0.25, -0.2) is 4.98 Å². The van der Waals surface area contributed by atoms with Crippen LogP contribution in [0.15, 0.2) is 74.9 Å². The van der Waals surface area contributed by atoms with Gasteiger partial charge in [0, 0.05) is 34.9 Å². The Morgan fingerprint density at radius 1 is 1.10 bits per heavy atom. The maximum absolute atomic E-state index is 11.3. The van der Waals surface area contributed by atoms with Crippen LogP contribution in [0.1, 0.15) is 5.56 Å². The van der Waals surface area contributed by atoms with Crippen LogP contribution >= 0.6 is 23.1 Å². The van der Waals surface area contributed by atoms with E-state index in [0.29, 0.717) is 22.7 Å². The molecule has 0 aliphatic rings. The standard InChI is InChI=1S/C22H17N3O4S2/c1-28-16-8-9-17(19(12-16)29-2)23-13-14-11-15(25(26)27)7-10-20(14)30-22-24-18-5-3-4-6-21(18)31-22/h3-13H,1-2H3. The van der Waals surface area contributed by atoms with E-state index in [9.17, 15) is 10.1 Å². The van der Waals surface area contributed by atoms with Gasteiger partial charge in [-0.15, -0.1) is 11.3 Å². The highest BCUT2D eigenvalue weighted by atomic mass is 32.2. The number of non-ortho nitro benzene ring substituents is 1. The fourth-order valence-electron chi connectivity index (χ4n) is 2.86. The van der Waals surface area contributed by atoms with E-state index in [2.05, 4.69) is 9.98 Å². The van der Waals surface area contributed by atoms with Crippen LogP contribution in [0.4, 0.5) is 11.4 Å². The van der Waals surface area contributed by atoms with Gasteiger partial charge in [0.25, 0.3) is 5.69 Å². The van der Waals surface area contributed by atoms with Gasteiger partial charge >= 0.3 is 0 Å². The number of hydrogen-bond donors (Lipinski definition) is 0. The molecule has 4 aromatic rings. The molecule has 3 aromatic carbocycles. The summed E-state index contributed by atoms with van der Waals surface area (Å²) in [7, 11) is 3.13. The van der Waals surface area contributed by atoms with Gasteiger partial charge in [0.15, 0.2) is 4.34 Å². The van der Waals surface area contributed by atoms with Crippen molar-refractivity contribution >= 4 is 50.9 Å². The molecular formula is C22H17N3O4S2. The number of benzene rings is 3. The van der Waals surface area contributed by atoms with Gasteiger partial charge in [0.2, 0.25) is 0 Å². The summed E-state index contributed by atoms with van der Waals surface area (Å²) in [4.78, 5) is 20.8. The minimum absolute atomic E-state index is 0.00297. The monoisotopic (exact) mass is 451 g/mol. The topological polar surface area (TPSA) is 86.9 Å². The molecule has 156 valence electrons. The number of rotatable bonds is 7. The molecule has 0 bridgehead atoms. The van der Waals surface area contributed by atoms with E-state index in [0.717, 1.165) is 19.5 Å². The number of thiazole rings is 1. The Hall–Kier alpha value is -3.43. The highest BCUT2D eigenvalue weighted by Gasteiger charge is 2.13. The fraction of sp³-hybridized carbons (Fsp3) is 0.0909. The Labute approximate surface area is 186 Å². The summed E-state index contributed by atoms with van der Waals surface area (Å²) < 4.78 is 12.5. The third kappa shape index (κ3) is 4.68. The summed E-state index contributed by atoms with van der Waals surface area (Å²) in [5, 5.41) is 11.3. The third-order valence-corrected chi connectivity index (χ3v) is 6.59. The lowest BCUT2D eigenvalue weighted by molar-refractivity contribution is -0.384. The molecule has 0 spiro atoms.